The number of hydrogen-bond donors (Lipinski definition) is 1. The van der Waals surface area contributed by atoms with Crippen LogP contribution in [0.3, 0.4) is 0 Å². The largest absolute Gasteiger partial charge is 0.360 e. The second-order valence-electron chi connectivity index (χ2n) is 7.80. The van der Waals surface area contributed by atoms with Crippen LogP contribution >= 0.6 is 0 Å². The Hall–Kier alpha value is -1.85. The van der Waals surface area contributed by atoms with E-state index in [9.17, 15) is 9.59 Å². The molecule has 0 radical (unpaired) electrons. The van der Waals surface area contributed by atoms with E-state index in [0.717, 1.165) is 57.4 Å². The van der Waals surface area contributed by atoms with E-state index in [4.69, 9.17) is 4.52 Å². The summed E-state index contributed by atoms with van der Waals surface area (Å²) in [4.78, 5) is 26.9. The smallest absolute Gasteiger partial charge is 0.273 e. The third kappa shape index (κ3) is 3.88. The van der Waals surface area contributed by atoms with Crippen LogP contribution < -0.4 is 5.32 Å². The number of amides is 2. The second kappa shape index (κ2) is 7.18. The summed E-state index contributed by atoms with van der Waals surface area (Å²) in [5.74, 6) is 1.69. The van der Waals surface area contributed by atoms with Crippen molar-refractivity contribution in [1.82, 2.24) is 15.4 Å². The SMILES string of the molecule is O=C(NC1CCN(C(=O)C2CCCCC2)CC1)c1cc(C2CC2)on1. The zero-order chi connectivity index (χ0) is 17.2. The number of likely N-dealkylation sites (tertiary alicyclic amines) is 1. The lowest BCUT2D eigenvalue weighted by Crippen LogP contribution is -2.48. The van der Waals surface area contributed by atoms with Crippen molar-refractivity contribution in [2.45, 2.75) is 69.7 Å². The molecule has 2 aliphatic carbocycles. The highest BCUT2D eigenvalue weighted by molar-refractivity contribution is 5.92. The first-order valence-electron chi connectivity index (χ1n) is 9.77. The van der Waals surface area contributed by atoms with E-state index in [1.807, 2.05) is 4.90 Å². The number of carbonyl (C=O) groups is 2. The van der Waals surface area contributed by atoms with Crippen molar-refractivity contribution >= 4 is 11.8 Å². The monoisotopic (exact) mass is 345 g/mol. The third-order valence-corrected chi connectivity index (χ3v) is 5.84. The molecule has 3 fully saturated rings. The molecule has 0 spiro atoms. The Balaban J connectivity index is 1.25. The molecular formula is C19H27N3O3. The molecule has 2 saturated carbocycles. The van der Waals surface area contributed by atoms with E-state index in [1.54, 1.807) is 6.07 Å². The molecule has 1 aromatic rings. The fraction of sp³-hybridized carbons (Fsp3) is 0.737. The molecule has 0 atom stereocenters. The molecule has 6 heteroatoms. The number of hydrogen-bond acceptors (Lipinski definition) is 4. The lowest BCUT2D eigenvalue weighted by atomic mass is 9.87. The molecule has 0 aromatic carbocycles. The summed E-state index contributed by atoms with van der Waals surface area (Å²) in [5.41, 5.74) is 0.377. The lowest BCUT2D eigenvalue weighted by molar-refractivity contribution is -0.137. The summed E-state index contributed by atoms with van der Waals surface area (Å²) in [6.45, 7) is 1.48. The fourth-order valence-electron chi connectivity index (χ4n) is 4.07. The van der Waals surface area contributed by atoms with Gasteiger partial charge in [0, 0.05) is 37.0 Å². The highest BCUT2D eigenvalue weighted by atomic mass is 16.5. The van der Waals surface area contributed by atoms with Crippen LogP contribution in [-0.4, -0.2) is 41.0 Å². The molecule has 1 saturated heterocycles. The van der Waals surface area contributed by atoms with Gasteiger partial charge in [-0.25, -0.2) is 0 Å². The lowest BCUT2D eigenvalue weighted by Gasteiger charge is -2.35. The van der Waals surface area contributed by atoms with Crippen LogP contribution in [0.25, 0.3) is 0 Å². The highest BCUT2D eigenvalue weighted by Crippen LogP contribution is 2.40. The topological polar surface area (TPSA) is 75.4 Å². The van der Waals surface area contributed by atoms with Crippen molar-refractivity contribution in [3.63, 3.8) is 0 Å². The minimum absolute atomic E-state index is 0.115. The Morgan fingerprint density at radius 1 is 1.04 bits per heavy atom. The maximum atomic E-state index is 12.6. The number of nitrogens with one attached hydrogen (secondary N) is 1. The molecular weight excluding hydrogens is 318 g/mol. The summed E-state index contributed by atoms with van der Waals surface area (Å²) in [6.07, 6.45) is 9.62. The molecule has 1 N–H and O–H groups in total. The van der Waals surface area contributed by atoms with Gasteiger partial charge in [0.1, 0.15) is 5.76 Å². The predicted molar refractivity (Wildman–Crippen MR) is 92.1 cm³/mol. The van der Waals surface area contributed by atoms with Crippen LogP contribution in [-0.2, 0) is 4.79 Å². The normalized spacial score (nSPS) is 22.8. The molecule has 0 unspecified atom stereocenters. The van der Waals surface area contributed by atoms with Gasteiger partial charge >= 0.3 is 0 Å². The van der Waals surface area contributed by atoms with Crippen LogP contribution in [0.4, 0.5) is 0 Å². The summed E-state index contributed by atoms with van der Waals surface area (Å²) < 4.78 is 5.25. The van der Waals surface area contributed by atoms with Crippen molar-refractivity contribution in [2.24, 2.45) is 5.92 Å². The Kier molecular flexibility index (Phi) is 4.77. The maximum Gasteiger partial charge on any atom is 0.273 e. The van der Waals surface area contributed by atoms with Gasteiger partial charge in [-0.2, -0.15) is 0 Å². The first kappa shape index (κ1) is 16.6. The molecule has 1 aromatic heterocycles. The molecule has 136 valence electrons. The Bertz CT molecular complexity index is 624. The molecule has 6 nitrogen and oxygen atoms in total. The summed E-state index contributed by atoms with van der Waals surface area (Å²) in [5, 5.41) is 6.94. The number of piperidine rings is 1. The van der Waals surface area contributed by atoms with Gasteiger partial charge in [0.25, 0.3) is 5.91 Å². The van der Waals surface area contributed by atoms with Gasteiger partial charge in [0.05, 0.1) is 0 Å². The standard InChI is InChI=1S/C19H27N3O3/c23-18(16-12-17(25-21-16)13-6-7-13)20-15-8-10-22(11-9-15)19(24)14-4-2-1-3-5-14/h12-15H,1-11H2,(H,20,23). The van der Waals surface area contributed by atoms with Crippen LogP contribution in [0.5, 0.6) is 0 Å². The van der Waals surface area contributed by atoms with Crippen molar-refractivity contribution in [1.29, 1.82) is 0 Å². The van der Waals surface area contributed by atoms with Crippen molar-refractivity contribution in [3.05, 3.63) is 17.5 Å². The van der Waals surface area contributed by atoms with Crippen LogP contribution in [0.2, 0.25) is 0 Å². The zero-order valence-corrected chi connectivity index (χ0v) is 14.7. The first-order valence-corrected chi connectivity index (χ1v) is 9.77. The second-order valence-corrected chi connectivity index (χ2v) is 7.80. The number of carbonyl (C=O) groups excluding carboxylic acids is 2. The highest BCUT2D eigenvalue weighted by Gasteiger charge is 2.31. The van der Waals surface area contributed by atoms with Gasteiger partial charge in [-0.1, -0.05) is 24.4 Å². The number of rotatable bonds is 4. The van der Waals surface area contributed by atoms with Gasteiger partial charge in [-0.05, 0) is 38.5 Å². The number of aromatic nitrogens is 1. The minimum atomic E-state index is -0.160. The van der Waals surface area contributed by atoms with E-state index in [1.165, 1.54) is 19.3 Å². The van der Waals surface area contributed by atoms with E-state index in [-0.39, 0.29) is 17.9 Å². The van der Waals surface area contributed by atoms with Crippen LogP contribution in [0, 0.1) is 5.92 Å². The van der Waals surface area contributed by atoms with Gasteiger partial charge in [-0.3, -0.25) is 9.59 Å². The van der Waals surface area contributed by atoms with Crippen LogP contribution in [0.15, 0.2) is 10.6 Å². The maximum absolute atomic E-state index is 12.6. The van der Waals surface area contributed by atoms with E-state index < -0.39 is 0 Å². The Morgan fingerprint density at radius 3 is 2.44 bits per heavy atom. The minimum Gasteiger partial charge on any atom is -0.360 e. The quantitative estimate of drug-likeness (QED) is 0.910. The molecule has 4 rings (SSSR count). The van der Waals surface area contributed by atoms with Gasteiger partial charge in [-0.15, -0.1) is 0 Å². The molecule has 2 amide bonds. The molecule has 2 heterocycles. The van der Waals surface area contributed by atoms with Gasteiger partial charge in [0.2, 0.25) is 5.91 Å². The van der Waals surface area contributed by atoms with Gasteiger partial charge < -0.3 is 14.7 Å². The Morgan fingerprint density at radius 2 is 1.76 bits per heavy atom. The van der Waals surface area contributed by atoms with Gasteiger partial charge in [0.15, 0.2) is 5.69 Å². The molecule has 3 aliphatic rings. The van der Waals surface area contributed by atoms with Crippen molar-refractivity contribution in [2.75, 3.05) is 13.1 Å². The van der Waals surface area contributed by atoms with Crippen LogP contribution in [0.1, 0.15) is 80.0 Å². The average molecular weight is 345 g/mol. The van der Waals surface area contributed by atoms with E-state index in [2.05, 4.69) is 10.5 Å². The molecule has 0 bridgehead atoms. The third-order valence-electron chi connectivity index (χ3n) is 5.84. The Labute approximate surface area is 148 Å². The average Bonchev–Trinajstić information content (AvgIpc) is 3.39. The zero-order valence-electron chi connectivity index (χ0n) is 14.7. The van der Waals surface area contributed by atoms with E-state index in [0.29, 0.717) is 17.5 Å². The van der Waals surface area contributed by atoms with E-state index >= 15 is 0 Å². The summed E-state index contributed by atoms with van der Waals surface area (Å²) in [6, 6.07) is 1.89. The van der Waals surface area contributed by atoms with Crippen molar-refractivity contribution < 1.29 is 14.1 Å². The van der Waals surface area contributed by atoms with Crippen molar-refractivity contribution in [3.8, 4) is 0 Å². The predicted octanol–water partition coefficient (Wildman–Crippen LogP) is 2.85. The first-order chi connectivity index (χ1) is 12.2. The molecule has 1 aliphatic heterocycles. The fourth-order valence-corrected chi connectivity index (χ4v) is 4.07. The molecule has 25 heavy (non-hydrogen) atoms. The number of nitrogens with zero attached hydrogens (tertiary/aromatic N) is 2. The summed E-state index contributed by atoms with van der Waals surface area (Å²) in [7, 11) is 0. The summed E-state index contributed by atoms with van der Waals surface area (Å²) >= 11 is 0.